The molecule has 0 bridgehead atoms. The maximum Gasteiger partial charge on any atom is 0.329 e. The topological polar surface area (TPSA) is 78.4 Å². The first-order chi connectivity index (χ1) is 10.1. The number of carboxylic acids is 1. The lowest BCUT2D eigenvalue weighted by molar-refractivity contribution is -0.145. The van der Waals surface area contributed by atoms with E-state index in [1.54, 1.807) is 6.07 Å². The molecule has 2 rings (SSSR count). The third kappa shape index (κ3) is 3.74. The Bertz CT molecular complexity index is 522. The molecule has 1 fully saturated rings. The minimum absolute atomic E-state index is 0.451. The molecule has 0 unspecified atom stereocenters. The van der Waals surface area contributed by atoms with E-state index in [0.29, 0.717) is 18.5 Å². The van der Waals surface area contributed by atoms with Gasteiger partial charge in [0.15, 0.2) is 0 Å². The van der Waals surface area contributed by atoms with Gasteiger partial charge in [0.2, 0.25) is 0 Å². The highest BCUT2D eigenvalue weighted by Crippen LogP contribution is 2.28. The van der Waals surface area contributed by atoms with Crippen molar-refractivity contribution in [1.29, 1.82) is 0 Å². The van der Waals surface area contributed by atoms with E-state index in [4.69, 9.17) is 0 Å². The lowest BCUT2D eigenvalue weighted by Gasteiger charge is -2.33. The molecule has 21 heavy (non-hydrogen) atoms. The Morgan fingerprint density at radius 2 is 1.95 bits per heavy atom. The second kappa shape index (κ2) is 6.61. The summed E-state index contributed by atoms with van der Waals surface area (Å²) < 4.78 is 0. The minimum atomic E-state index is -1.12. The molecule has 0 aliphatic heterocycles. The average Bonchev–Trinajstić information content (AvgIpc) is 2.48. The molecule has 5 heteroatoms. The van der Waals surface area contributed by atoms with Gasteiger partial charge in [-0.15, -0.1) is 0 Å². The lowest BCUT2D eigenvalue weighted by Crippen LogP contribution is -2.56. The third-order valence-corrected chi connectivity index (χ3v) is 4.06. The van der Waals surface area contributed by atoms with Crippen LogP contribution in [0.3, 0.4) is 0 Å². The molecule has 0 aromatic heterocycles. The zero-order valence-corrected chi connectivity index (χ0v) is 12.3. The second-order valence-corrected chi connectivity index (χ2v) is 5.58. The van der Waals surface area contributed by atoms with Gasteiger partial charge >= 0.3 is 12.0 Å². The molecular weight excluding hydrogens is 268 g/mol. The van der Waals surface area contributed by atoms with Gasteiger partial charge in [-0.3, -0.25) is 0 Å². The van der Waals surface area contributed by atoms with E-state index in [1.807, 2.05) is 25.1 Å². The fourth-order valence-corrected chi connectivity index (χ4v) is 2.80. The Balaban J connectivity index is 2.03. The molecular formula is C16H22N2O3. The van der Waals surface area contributed by atoms with Crippen LogP contribution in [-0.4, -0.2) is 22.6 Å². The number of rotatable bonds is 4. The summed E-state index contributed by atoms with van der Waals surface area (Å²) in [5, 5.41) is 14.8. The van der Waals surface area contributed by atoms with Crippen LogP contribution < -0.4 is 10.6 Å². The van der Waals surface area contributed by atoms with Crippen LogP contribution in [-0.2, 0) is 11.2 Å². The van der Waals surface area contributed by atoms with Gasteiger partial charge in [-0.1, -0.05) is 38.3 Å². The number of carbonyl (C=O) groups excluding carboxylic acids is 1. The summed E-state index contributed by atoms with van der Waals surface area (Å²) in [5.74, 6) is -0.945. The highest BCUT2D eigenvalue weighted by molar-refractivity contribution is 5.94. The zero-order chi connectivity index (χ0) is 15.3. The van der Waals surface area contributed by atoms with Crippen LogP contribution in [0.2, 0.25) is 0 Å². The van der Waals surface area contributed by atoms with Crippen LogP contribution in [0.4, 0.5) is 10.5 Å². The van der Waals surface area contributed by atoms with Crippen molar-refractivity contribution >= 4 is 17.7 Å². The molecule has 1 aromatic carbocycles. The molecule has 0 radical (unpaired) electrons. The summed E-state index contributed by atoms with van der Waals surface area (Å²) in [5.41, 5.74) is 0.687. The van der Waals surface area contributed by atoms with Gasteiger partial charge in [-0.05, 0) is 37.0 Å². The molecule has 114 valence electrons. The van der Waals surface area contributed by atoms with Crippen LogP contribution in [0.5, 0.6) is 0 Å². The molecule has 1 aliphatic carbocycles. The zero-order valence-electron chi connectivity index (χ0n) is 12.3. The Labute approximate surface area is 124 Å². The van der Waals surface area contributed by atoms with Gasteiger partial charge in [-0.25, -0.2) is 9.59 Å². The fraction of sp³-hybridized carbons (Fsp3) is 0.500. The summed E-state index contributed by atoms with van der Waals surface area (Å²) >= 11 is 0. The number of benzene rings is 1. The van der Waals surface area contributed by atoms with Crippen molar-refractivity contribution in [3.8, 4) is 0 Å². The molecule has 0 heterocycles. The van der Waals surface area contributed by atoms with Gasteiger partial charge < -0.3 is 15.7 Å². The maximum absolute atomic E-state index is 12.1. The van der Waals surface area contributed by atoms with Crippen molar-refractivity contribution < 1.29 is 14.7 Å². The predicted molar refractivity (Wildman–Crippen MR) is 81.4 cm³/mol. The molecule has 0 spiro atoms. The fourth-order valence-electron chi connectivity index (χ4n) is 2.80. The van der Waals surface area contributed by atoms with Crippen molar-refractivity contribution in [2.75, 3.05) is 5.32 Å². The van der Waals surface area contributed by atoms with Gasteiger partial charge in [0.05, 0.1) is 0 Å². The first-order valence-electron chi connectivity index (χ1n) is 7.47. The van der Waals surface area contributed by atoms with E-state index < -0.39 is 17.5 Å². The van der Waals surface area contributed by atoms with Gasteiger partial charge in [0, 0.05) is 5.69 Å². The van der Waals surface area contributed by atoms with Gasteiger partial charge in [0.25, 0.3) is 0 Å². The van der Waals surface area contributed by atoms with Crippen LogP contribution >= 0.6 is 0 Å². The number of aliphatic carboxylic acids is 1. The third-order valence-electron chi connectivity index (χ3n) is 4.06. The normalized spacial score (nSPS) is 17.0. The number of anilines is 1. The second-order valence-electron chi connectivity index (χ2n) is 5.58. The number of aryl methyl sites for hydroxylation is 1. The highest BCUT2D eigenvalue weighted by Gasteiger charge is 2.40. The summed E-state index contributed by atoms with van der Waals surface area (Å²) in [7, 11) is 0. The van der Waals surface area contributed by atoms with E-state index in [-0.39, 0.29) is 0 Å². The lowest BCUT2D eigenvalue weighted by atomic mass is 9.82. The van der Waals surface area contributed by atoms with Gasteiger partial charge in [-0.2, -0.15) is 0 Å². The Kier molecular flexibility index (Phi) is 4.83. The largest absolute Gasteiger partial charge is 0.480 e. The van der Waals surface area contributed by atoms with Crippen molar-refractivity contribution in [2.24, 2.45) is 0 Å². The molecule has 1 aliphatic rings. The SMILES string of the molecule is CCc1cccc(NC(=O)NC2(C(=O)O)CCCCC2)c1. The van der Waals surface area contributed by atoms with E-state index in [2.05, 4.69) is 10.6 Å². The van der Waals surface area contributed by atoms with Crippen molar-refractivity contribution in [3.63, 3.8) is 0 Å². The molecule has 5 nitrogen and oxygen atoms in total. The van der Waals surface area contributed by atoms with Crippen molar-refractivity contribution in [3.05, 3.63) is 29.8 Å². The first-order valence-corrected chi connectivity index (χ1v) is 7.47. The number of carboxylic acid groups (broad SMARTS) is 1. The average molecular weight is 290 g/mol. The Morgan fingerprint density at radius 3 is 2.57 bits per heavy atom. The van der Waals surface area contributed by atoms with Crippen LogP contribution in [0.25, 0.3) is 0 Å². The van der Waals surface area contributed by atoms with E-state index in [9.17, 15) is 14.7 Å². The first kappa shape index (κ1) is 15.4. The molecule has 3 N–H and O–H groups in total. The van der Waals surface area contributed by atoms with Crippen LogP contribution in [0, 0.1) is 0 Å². The summed E-state index contributed by atoms with van der Waals surface area (Å²) in [6, 6.07) is 7.11. The highest BCUT2D eigenvalue weighted by atomic mass is 16.4. The molecule has 1 saturated carbocycles. The predicted octanol–water partition coefficient (Wildman–Crippen LogP) is 3.16. The quantitative estimate of drug-likeness (QED) is 0.797. The summed E-state index contributed by atoms with van der Waals surface area (Å²) in [6.07, 6.45) is 4.55. The van der Waals surface area contributed by atoms with Crippen LogP contribution in [0.1, 0.15) is 44.6 Å². The molecule has 0 saturated heterocycles. The molecule has 1 aromatic rings. The van der Waals surface area contributed by atoms with E-state index in [1.165, 1.54) is 0 Å². The maximum atomic E-state index is 12.1. The van der Waals surface area contributed by atoms with Crippen LogP contribution in [0.15, 0.2) is 24.3 Å². The Hall–Kier alpha value is -2.04. The summed E-state index contributed by atoms with van der Waals surface area (Å²) in [6.45, 7) is 2.04. The standard InChI is InChI=1S/C16H22N2O3/c1-2-12-7-6-8-13(11-12)17-15(21)18-16(14(19)20)9-4-3-5-10-16/h6-8,11H,2-5,9-10H2,1H3,(H,19,20)(H2,17,18,21). The van der Waals surface area contributed by atoms with Crippen molar-refractivity contribution in [2.45, 2.75) is 51.0 Å². The smallest absolute Gasteiger partial charge is 0.329 e. The number of amides is 2. The van der Waals surface area contributed by atoms with Gasteiger partial charge in [0.1, 0.15) is 5.54 Å². The summed E-state index contributed by atoms with van der Waals surface area (Å²) in [4.78, 5) is 23.6. The number of nitrogens with one attached hydrogen (secondary N) is 2. The molecule has 0 atom stereocenters. The minimum Gasteiger partial charge on any atom is -0.480 e. The van der Waals surface area contributed by atoms with Crippen molar-refractivity contribution in [1.82, 2.24) is 5.32 Å². The van der Waals surface area contributed by atoms with E-state index in [0.717, 1.165) is 31.2 Å². The monoisotopic (exact) mass is 290 g/mol. The number of urea groups is 1. The molecule has 2 amide bonds. The number of carbonyl (C=O) groups is 2. The number of hydrogen-bond acceptors (Lipinski definition) is 2. The van der Waals surface area contributed by atoms with E-state index >= 15 is 0 Å². The number of hydrogen-bond donors (Lipinski definition) is 3. The Morgan fingerprint density at radius 1 is 1.24 bits per heavy atom.